The molecule has 0 radical (unpaired) electrons. The van der Waals surface area contributed by atoms with Gasteiger partial charge < -0.3 is 5.32 Å². The minimum atomic E-state index is -0.950. The topological polar surface area (TPSA) is 88.5 Å². The van der Waals surface area contributed by atoms with Crippen molar-refractivity contribution in [2.75, 3.05) is 5.32 Å². The molecule has 0 aliphatic heterocycles. The Labute approximate surface area is 187 Å². The van der Waals surface area contributed by atoms with Gasteiger partial charge in [0, 0.05) is 34.5 Å². The lowest BCUT2D eigenvalue weighted by Gasteiger charge is -2.07. The molecule has 2 heterocycles. The first-order chi connectivity index (χ1) is 16.1. The van der Waals surface area contributed by atoms with Gasteiger partial charge in [0.05, 0.1) is 5.69 Å². The fraction of sp³-hybridized carbons (Fsp3) is 0.250. The number of rotatable bonds is 5. The number of carbonyl (C=O) groups is 1. The Balaban J connectivity index is 1.28. The number of benzene rings is 2. The van der Waals surface area contributed by atoms with Gasteiger partial charge in [-0.1, -0.05) is 12.1 Å². The molecule has 0 spiro atoms. The third-order valence-corrected chi connectivity index (χ3v) is 6.14. The number of anilines is 1. The SMILES string of the molecule is O=C(Nc1cccc(-c2n[nH]c(C3CC3)n2)c1)c1nn(-c2ccc(F)c(F)c2)c2c1CCC2. The van der Waals surface area contributed by atoms with Crippen molar-refractivity contribution in [1.82, 2.24) is 25.0 Å². The quantitative estimate of drug-likeness (QED) is 0.471. The van der Waals surface area contributed by atoms with Crippen LogP contribution in [0.5, 0.6) is 0 Å². The summed E-state index contributed by atoms with van der Waals surface area (Å²) < 4.78 is 28.7. The Morgan fingerprint density at radius 3 is 2.79 bits per heavy atom. The predicted molar refractivity (Wildman–Crippen MR) is 117 cm³/mol. The van der Waals surface area contributed by atoms with Gasteiger partial charge in [-0.3, -0.25) is 9.89 Å². The minimum absolute atomic E-state index is 0.298. The van der Waals surface area contributed by atoms with Gasteiger partial charge >= 0.3 is 0 Å². The number of nitrogens with zero attached hydrogens (tertiary/aromatic N) is 4. The van der Waals surface area contributed by atoms with Crippen molar-refractivity contribution in [3.05, 3.63) is 76.9 Å². The van der Waals surface area contributed by atoms with E-state index in [2.05, 4.69) is 25.6 Å². The highest BCUT2D eigenvalue weighted by molar-refractivity contribution is 6.04. The van der Waals surface area contributed by atoms with E-state index in [1.807, 2.05) is 18.2 Å². The van der Waals surface area contributed by atoms with Crippen LogP contribution < -0.4 is 5.32 Å². The number of H-pyrrole nitrogens is 1. The van der Waals surface area contributed by atoms with Crippen LogP contribution in [0, 0.1) is 11.6 Å². The third kappa shape index (κ3) is 3.59. The maximum absolute atomic E-state index is 13.8. The molecule has 0 unspecified atom stereocenters. The largest absolute Gasteiger partial charge is 0.321 e. The van der Waals surface area contributed by atoms with Gasteiger partial charge in [-0.25, -0.2) is 18.4 Å². The van der Waals surface area contributed by atoms with Gasteiger partial charge in [0.2, 0.25) is 0 Å². The van der Waals surface area contributed by atoms with Crippen molar-refractivity contribution in [3.8, 4) is 17.1 Å². The van der Waals surface area contributed by atoms with Crippen LogP contribution in [0.4, 0.5) is 14.5 Å². The maximum Gasteiger partial charge on any atom is 0.276 e. The van der Waals surface area contributed by atoms with Crippen LogP contribution in [-0.4, -0.2) is 30.9 Å². The molecule has 7 nitrogen and oxygen atoms in total. The van der Waals surface area contributed by atoms with E-state index < -0.39 is 11.6 Å². The lowest BCUT2D eigenvalue weighted by Crippen LogP contribution is -2.15. The molecule has 2 aromatic carbocycles. The Hall–Kier alpha value is -3.88. The number of aromatic nitrogens is 5. The van der Waals surface area contributed by atoms with Gasteiger partial charge in [-0.05, 0) is 56.4 Å². The highest BCUT2D eigenvalue weighted by atomic mass is 19.2. The summed E-state index contributed by atoms with van der Waals surface area (Å²) in [6.45, 7) is 0. The summed E-state index contributed by atoms with van der Waals surface area (Å²) in [5, 5.41) is 14.7. The van der Waals surface area contributed by atoms with Crippen LogP contribution in [-0.2, 0) is 12.8 Å². The predicted octanol–water partition coefficient (Wildman–Crippen LogP) is 4.55. The fourth-order valence-electron chi connectivity index (χ4n) is 4.32. The number of hydrogen-bond acceptors (Lipinski definition) is 4. The lowest BCUT2D eigenvalue weighted by molar-refractivity contribution is 0.102. The van der Waals surface area contributed by atoms with Gasteiger partial charge in [-0.15, -0.1) is 0 Å². The van der Waals surface area contributed by atoms with E-state index in [1.165, 1.54) is 6.07 Å². The van der Waals surface area contributed by atoms with Crippen molar-refractivity contribution in [2.24, 2.45) is 0 Å². The van der Waals surface area contributed by atoms with Gasteiger partial charge in [0.15, 0.2) is 23.2 Å². The second kappa shape index (κ2) is 7.61. The molecule has 0 saturated heterocycles. The zero-order chi connectivity index (χ0) is 22.5. The number of aromatic amines is 1. The molecule has 4 aromatic rings. The normalized spacial score (nSPS) is 15.0. The van der Waals surface area contributed by atoms with Crippen LogP contribution in [0.2, 0.25) is 0 Å². The van der Waals surface area contributed by atoms with Crippen molar-refractivity contribution in [3.63, 3.8) is 0 Å². The van der Waals surface area contributed by atoms with Gasteiger partial charge in [0.25, 0.3) is 5.91 Å². The molecular formula is C24H20F2N6O. The average molecular weight is 446 g/mol. The van der Waals surface area contributed by atoms with E-state index in [0.29, 0.717) is 35.2 Å². The Kier molecular flexibility index (Phi) is 4.56. The van der Waals surface area contributed by atoms with Crippen LogP contribution in [0.3, 0.4) is 0 Å². The summed E-state index contributed by atoms with van der Waals surface area (Å²) in [6.07, 6.45) is 4.57. The molecule has 2 aromatic heterocycles. The molecule has 6 rings (SSSR count). The molecule has 1 amide bonds. The molecule has 1 fully saturated rings. The van der Waals surface area contributed by atoms with E-state index in [1.54, 1.807) is 10.7 Å². The Morgan fingerprint density at radius 1 is 1.09 bits per heavy atom. The van der Waals surface area contributed by atoms with E-state index >= 15 is 0 Å². The zero-order valence-electron chi connectivity index (χ0n) is 17.6. The first-order valence-electron chi connectivity index (χ1n) is 11.0. The molecule has 166 valence electrons. The Bertz CT molecular complexity index is 1390. The standard InChI is InChI=1S/C24H20F2N6O/c25-18-10-9-16(12-19(18)26)32-20-6-2-5-17(20)21(31-32)24(33)27-15-4-1-3-14(11-15)23-28-22(29-30-23)13-7-8-13/h1,3-4,9-13H,2,5-8H2,(H,27,33)(H,28,29,30). The van der Waals surface area contributed by atoms with Gasteiger partial charge in [0.1, 0.15) is 5.82 Å². The first-order valence-corrected chi connectivity index (χ1v) is 11.0. The molecule has 9 heteroatoms. The number of amides is 1. The summed E-state index contributed by atoms with van der Waals surface area (Å²) in [6, 6.07) is 11.0. The lowest BCUT2D eigenvalue weighted by atomic mass is 10.1. The van der Waals surface area contributed by atoms with Crippen LogP contribution in [0.1, 0.15) is 52.8 Å². The van der Waals surface area contributed by atoms with Crippen molar-refractivity contribution < 1.29 is 13.6 Å². The van der Waals surface area contributed by atoms with E-state index in [9.17, 15) is 13.6 Å². The number of fused-ring (bicyclic) bond motifs is 1. The number of hydrogen-bond donors (Lipinski definition) is 2. The van der Waals surface area contributed by atoms with E-state index in [0.717, 1.165) is 60.5 Å². The monoisotopic (exact) mass is 446 g/mol. The van der Waals surface area contributed by atoms with Crippen LogP contribution in [0.25, 0.3) is 17.1 Å². The molecule has 2 N–H and O–H groups in total. The van der Waals surface area contributed by atoms with Crippen LogP contribution in [0.15, 0.2) is 42.5 Å². The highest BCUT2D eigenvalue weighted by Gasteiger charge is 2.28. The molecule has 0 bridgehead atoms. The molecule has 33 heavy (non-hydrogen) atoms. The summed E-state index contributed by atoms with van der Waals surface area (Å²) in [7, 11) is 0. The highest BCUT2D eigenvalue weighted by Crippen LogP contribution is 2.38. The molecule has 0 atom stereocenters. The molecule has 2 aliphatic carbocycles. The molecule has 2 aliphatic rings. The average Bonchev–Trinajstić information content (AvgIpc) is 3.21. The summed E-state index contributed by atoms with van der Waals surface area (Å²) in [4.78, 5) is 17.7. The third-order valence-electron chi connectivity index (χ3n) is 6.14. The second-order valence-corrected chi connectivity index (χ2v) is 8.49. The van der Waals surface area contributed by atoms with Gasteiger partial charge in [-0.2, -0.15) is 10.2 Å². The fourth-order valence-corrected chi connectivity index (χ4v) is 4.32. The number of halogens is 2. The van der Waals surface area contributed by atoms with Crippen molar-refractivity contribution >= 4 is 11.6 Å². The van der Waals surface area contributed by atoms with Crippen molar-refractivity contribution in [2.45, 2.75) is 38.0 Å². The smallest absolute Gasteiger partial charge is 0.276 e. The zero-order valence-corrected chi connectivity index (χ0v) is 17.6. The molecule has 1 saturated carbocycles. The Morgan fingerprint density at radius 2 is 1.97 bits per heavy atom. The van der Waals surface area contributed by atoms with E-state index in [4.69, 9.17) is 0 Å². The van der Waals surface area contributed by atoms with Crippen molar-refractivity contribution in [1.29, 1.82) is 0 Å². The summed E-state index contributed by atoms with van der Waals surface area (Å²) in [5.41, 5.74) is 3.79. The summed E-state index contributed by atoms with van der Waals surface area (Å²) >= 11 is 0. The van der Waals surface area contributed by atoms with E-state index in [-0.39, 0.29) is 5.91 Å². The minimum Gasteiger partial charge on any atom is -0.321 e. The summed E-state index contributed by atoms with van der Waals surface area (Å²) in [5.74, 6) is -0.249. The number of carbonyl (C=O) groups excluding carboxylic acids is 1. The van der Waals surface area contributed by atoms with Crippen LogP contribution >= 0.6 is 0 Å². The number of nitrogens with one attached hydrogen (secondary N) is 2. The molecular weight excluding hydrogens is 426 g/mol. The second-order valence-electron chi connectivity index (χ2n) is 8.49. The maximum atomic E-state index is 13.8. The first kappa shape index (κ1) is 19.8.